The van der Waals surface area contributed by atoms with Gasteiger partial charge in [0.25, 0.3) is 5.91 Å². The van der Waals surface area contributed by atoms with Crippen LogP contribution >= 0.6 is 0 Å². The van der Waals surface area contributed by atoms with Gasteiger partial charge in [0.15, 0.2) is 11.6 Å². The van der Waals surface area contributed by atoms with Crippen molar-refractivity contribution in [1.82, 2.24) is 19.7 Å². The lowest BCUT2D eigenvalue weighted by Gasteiger charge is -2.35. The molecular formula is C25H22F3N5O2. The van der Waals surface area contributed by atoms with Gasteiger partial charge in [0.2, 0.25) is 5.82 Å². The number of hydrogen-bond donors (Lipinski definition) is 0. The van der Waals surface area contributed by atoms with Crippen LogP contribution in [0.1, 0.15) is 21.7 Å². The molecule has 0 N–H and O–H groups in total. The normalized spacial score (nSPS) is 14.4. The molecule has 0 unspecified atom stereocenters. The molecule has 2 aromatic carbocycles. The Morgan fingerprint density at radius 1 is 0.943 bits per heavy atom. The zero-order chi connectivity index (χ0) is 24.6. The molecule has 1 aliphatic heterocycles. The average Bonchev–Trinajstić information content (AvgIpc) is 3.54. The predicted octanol–water partition coefficient (Wildman–Crippen LogP) is 4.82. The van der Waals surface area contributed by atoms with E-state index in [1.165, 1.54) is 12.3 Å². The number of aromatic nitrogens is 3. The summed E-state index contributed by atoms with van der Waals surface area (Å²) in [7, 11) is 0. The van der Waals surface area contributed by atoms with Gasteiger partial charge in [-0.25, -0.2) is 4.68 Å². The molecule has 5 rings (SSSR count). The van der Waals surface area contributed by atoms with Crippen molar-refractivity contribution in [1.29, 1.82) is 0 Å². The predicted molar refractivity (Wildman–Crippen MR) is 123 cm³/mol. The van der Waals surface area contributed by atoms with Crippen LogP contribution in [0.5, 0.6) is 0 Å². The molecule has 7 nitrogen and oxygen atoms in total. The Kier molecular flexibility index (Phi) is 5.80. The number of carbonyl (C=O) groups excluding carboxylic acids is 1. The molecule has 0 radical (unpaired) electrons. The van der Waals surface area contributed by atoms with Crippen molar-refractivity contribution in [3.8, 4) is 17.3 Å². The van der Waals surface area contributed by atoms with Gasteiger partial charge in [0, 0.05) is 31.9 Å². The maximum absolute atomic E-state index is 13.2. The molecule has 0 spiro atoms. The molecule has 0 bridgehead atoms. The molecule has 10 heteroatoms. The van der Waals surface area contributed by atoms with Crippen molar-refractivity contribution >= 4 is 11.6 Å². The summed E-state index contributed by atoms with van der Waals surface area (Å²) < 4.78 is 46.3. The molecule has 35 heavy (non-hydrogen) atoms. The molecule has 180 valence electrons. The minimum atomic E-state index is -4.40. The SMILES string of the molecule is Cc1ccc(-n2nc(C(=O)N3CCN(c4cccc(C(F)(F)F)c4)CC3)nc2-c2ccco2)cc1. The number of anilines is 1. The van der Waals surface area contributed by atoms with E-state index in [0.29, 0.717) is 43.5 Å². The molecule has 0 atom stereocenters. The van der Waals surface area contributed by atoms with Crippen molar-refractivity contribution < 1.29 is 22.4 Å². The first kappa shape index (κ1) is 22.7. The lowest BCUT2D eigenvalue weighted by atomic mass is 10.1. The van der Waals surface area contributed by atoms with E-state index in [-0.39, 0.29) is 11.7 Å². The van der Waals surface area contributed by atoms with Gasteiger partial charge in [0.05, 0.1) is 17.5 Å². The number of piperazine rings is 1. The van der Waals surface area contributed by atoms with E-state index in [1.807, 2.05) is 36.1 Å². The number of furan rings is 1. The second-order valence-electron chi connectivity index (χ2n) is 8.31. The smallest absolute Gasteiger partial charge is 0.416 e. The number of rotatable bonds is 4. The first-order chi connectivity index (χ1) is 16.8. The number of alkyl halides is 3. The van der Waals surface area contributed by atoms with Crippen molar-refractivity contribution in [3.63, 3.8) is 0 Å². The molecule has 1 fully saturated rings. The third-order valence-electron chi connectivity index (χ3n) is 5.92. The number of benzene rings is 2. The summed E-state index contributed by atoms with van der Waals surface area (Å²) in [6.07, 6.45) is -2.88. The Morgan fingerprint density at radius 3 is 2.34 bits per heavy atom. The van der Waals surface area contributed by atoms with Crippen LogP contribution < -0.4 is 4.90 Å². The third-order valence-corrected chi connectivity index (χ3v) is 5.92. The van der Waals surface area contributed by atoms with Crippen LogP contribution in [0, 0.1) is 6.92 Å². The fourth-order valence-electron chi connectivity index (χ4n) is 4.02. The fraction of sp³-hybridized carbons (Fsp3) is 0.240. The van der Waals surface area contributed by atoms with Crippen LogP contribution in [0.15, 0.2) is 71.3 Å². The Hall–Kier alpha value is -4.08. The Bertz CT molecular complexity index is 1320. The number of halogens is 3. The molecule has 4 aromatic rings. The minimum absolute atomic E-state index is 0.0319. The first-order valence-electron chi connectivity index (χ1n) is 11.1. The summed E-state index contributed by atoms with van der Waals surface area (Å²) >= 11 is 0. The quantitative estimate of drug-likeness (QED) is 0.418. The van der Waals surface area contributed by atoms with Gasteiger partial charge in [-0.2, -0.15) is 18.2 Å². The van der Waals surface area contributed by atoms with Crippen LogP contribution in [-0.4, -0.2) is 51.8 Å². The van der Waals surface area contributed by atoms with Gasteiger partial charge < -0.3 is 14.2 Å². The molecule has 0 saturated carbocycles. The molecule has 1 amide bonds. The highest BCUT2D eigenvalue weighted by molar-refractivity contribution is 5.91. The molecule has 3 heterocycles. The maximum Gasteiger partial charge on any atom is 0.416 e. The molecule has 2 aromatic heterocycles. The van der Waals surface area contributed by atoms with E-state index in [9.17, 15) is 18.0 Å². The summed E-state index contributed by atoms with van der Waals surface area (Å²) in [5.41, 5.74) is 1.62. The highest BCUT2D eigenvalue weighted by atomic mass is 19.4. The summed E-state index contributed by atoms with van der Waals surface area (Å²) in [6, 6.07) is 16.4. The summed E-state index contributed by atoms with van der Waals surface area (Å²) in [5.74, 6) is 0.577. The largest absolute Gasteiger partial charge is 0.461 e. The standard InChI is InChI=1S/C25H22F3N5O2/c1-17-7-9-19(10-8-17)33-23(21-6-3-15-35-21)29-22(30-33)24(34)32-13-11-31(12-14-32)20-5-2-4-18(16-20)25(26,27)28/h2-10,15-16H,11-14H2,1H3. The molecule has 1 aliphatic rings. The highest BCUT2D eigenvalue weighted by Crippen LogP contribution is 2.32. The van der Waals surface area contributed by atoms with Gasteiger partial charge in [-0.1, -0.05) is 23.8 Å². The monoisotopic (exact) mass is 481 g/mol. The van der Waals surface area contributed by atoms with E-state index in [0.717, 1.165) is 23.4 Å². The van der Waals surface area contributed by atoms with E-state index >= 15 is 0 Å². The Labute approximate surface area is 199 Å². The van der Waals surface area contributed by atoms with Crippen LogP contribution in [0.4, 0.5) is 18.9 Å². The van der Waals surface area contributed by atoms with Crippen LogP contribution in [0.3, 0.4) is 0 Å². The summed E-state index contributed by atoms with van der Waals surface area (Å²) in [6.45, 7) is 3.45. The van der Waals surface area contributed by atoms with Gasteiger partial charge in [-0.05, 0) is 49.4 Å². The number of carbonyl (C=O) groups is 1. The minimum Gasteiger partial charge on any atom is -0.461 e. The maximum atomic E-state index is 13.2. The van der Waals surface area contributed by atoms with Crippen molar-refractivity contribution in [2.24, 2.45) is 0 Å². The second kappa shape index (κ2) is 8.94. The number of aryl methyl sites for hydroxylation is 1. The summed E-state index contributed by atoms with van der Waals surface area (Å²) in [4.78, 5) is 21.2. The summed E-state index contributed by atoms with van der Waals surface area (Å²) in [5, 5.41) is 4.47. The number of hydrogen-bond acceptors (Lipinski definition) is 5. The van der Waals surface area contributed by atoms with Crippen LogP contribution in [0.25, 0.3) is 17.3 Å². The Balaban J connectivity index is 1.35. The topological polar surface area (TPSA) is 67.4 Å². The van der Waals surface area contributed by atoms with Crippen LogP contribution in [-0.2, 0) is 6.18 Å². The van der Waals surface area contributed by atoms with Gasteiger partial charge in [-0.15, -0.1) is 5.10 Å². The fourth-order valence-corrected chi connectivity index (χ4v) is 4.02. The zero-order valence-corrected chi connectivity index (χ0v) is 18.9. The second-order valence-corrected chi connectivity index (χ2v) is 8.31. The van der Waals surface area contributed by atoms with E-state index in [4.69, 9.17) is 4.42 Å². The molecular weight excluding hydrogens is 459 g/mol. The Morgan fingerprint density at radius 2 is 1.69 bits per heavy atom. The van der Waals surface area contributed by atoms with Gasteiger partial charge in [-0.3, -0.25) is 4.79 Å². The first-order valence-corrected chi connectivity index (χ1v) is 11.1. The lowest BCUT2D eigenvalue weighted by molar-refractivity contribution is -0.137. The van der Waals surface area contributed by atoms with Crippen molar-refractivity contribution in [2.45, 2.75) is 13.1 Å². The van der Waals surface area contributed by atoms with E-state index in [2.05, 4.69) is 10.1 Å². The number of nitrogens with zero attached hydrogens (tertiary/aromatic N) is 5. The van der Waals surface area contributed by atoms with Crippen molar-refractivity contribution in [2.75, 3.05) is 31.1 Å². The van der Waals surface area contributed by atoms with Crippen LogP contribution in [0.2, 0.25) is 0 Å². The molecule has 0 aliphatic carbocycles. The lowest BCUT2D eigenvalue weighted by Crippen LogP contribution is -2.49. The third kappa shape index (κ3) is 4.64. The average molecular weight is 481 g/mol. The van der Waals surface area contributed by atoms with E-state index < -0.39 is 11.7 Å². The highest BCUT2D eigenvalue weighted by Gasteiger charge is 2.32. The van der Waals surface area contributed by atoms with Gasteiger partial charge in [0.1, 0.15) is 0 Å². The zero-order valence-electron chi connectivity index (χ0n) is 18.9. The number of amides is 1. The van der Waals surface area contributed by atoms with Gasteiger partial charge >= 0.3 is 6.18 Å². The molecule has 1 saturated heterocycles. The van der Waals surface area contributed by atoms with E-state index in [1.54, 1.807) is 27.8 Å². The van der Waals surface area contributed by atoms with Crippen molar-refractivity contribution in [3.05, 3.63) is 83.9 Å².